The predicted octanol–water partition coefficient (Wildman–Crippen LogP) is 1.73. The second-order valence-electron chi connectivity index (χ2n) is 4.10. The molecule has 0 aliphatic rings. The number of aromatic nitrogens is 1. The molecular weight excluding hydrogens is 352 g/mol. The Balaban J connectivity index is 2.07. The number of pyridine rings is 1. The number of carbonyl (C=O) groups excluding carboxylic acids is 2. The zero-order valence-corrected chi connectivity index (χ0v) is 12.7. The third-order valence-corrected chi connectivity index (χ3v) is 3.31. The molecule has 1 aromatic heterocycles. The number of hydrogen-bond acceptors (Lipinski definition) is 5. The highest BCUT2D eigenvalue weighted by atomic mass is 79.9. The molecule has 0 fully saturated rings. The third kappa shape index (κ3) is 3.96. The molecule has 8 heteroatoms. The highest BCUT2D eigenvalue weighted by molar-refractivity contribution is 9.10. The van der Waals surface area contributed by atoms with Gasteiger partial charge in [0.25, 0.3) is 11.8 Å². The number of benzene rings is 1. The van der Waals surface area contributed by atoms with Gasteiger partial charge in [0.05, 0.1) is 6.21 Å². The molecule has 1 heterocycles. The molecule has 112 valence electrons. The van der Waals surface area contributed by atoms with Crippen molar-refractivity contribution in [2.45, 2.75) is 0 Å². The lowest BCUT2D eigenvalue weighted by Crippen LogP contribution is -2.21. The lowest BCUT2D eigenvalue weighted by molar-refractivity contribution is 0.0706. The van der Waals surface area contributed by atoms with Gasteiger partial charge in [0.2, 0.25) is 0 Å². The monoisotopic (exact) mass is 362 g/mol. The molecule has 0 saturated carbocycles. The van der Waals surface area contributed by atoms with E-state index in [1.54, 1.807) is 18.3 Å². The second kappa shape index (κ2) is 7.43. The fourth-order valence-corrected chi connectivity index (χ4v) is 1.94. The first-order valence-electron chi connectivity index (χ1n) is 6.10. The van der Waals surface area contributed by atoms with Gasteiger partial charge >= 0.3 is 0 Å². The molecular formula is C14H11BrN4O3. The van der Waals surface area contributed by atoms with E-state index in [-0.39, 0.29) is 11.1 Å². The number of hydrazone groups is 1. The first-order chi connectivity index (χ1) is 10.6. The fraction of sp³-hybridized carbons (Fsp3) is 0. The summed E-state index contributed by atoms with van der Waals surface area (Å²) in [6, 6.07) is 9.39. The molecule has 0 saturated heterocycles. The third-order valence-electron chi connectivity index (χ3n) is 2.65. The zero-order chi connectivity index (χ0) is 15.9. The molecule has 2 rings (SSSR count). The topological polar surface area (TPSA) is 104 Å². The van der Waals surface area contributed by atoms with Gasteiger partial charge in [-0.25, -0.2) is 15.9 Å². The van der Waals surface area contributed by atoms with Crippen molar-refractivity contribution in [2.75, 3.05) is 0 Å². The van der Waals surface area contributed by atoms with Crippen LogP contribution in [0.4, 0.5) is 0 Å². The van der Waals surface area contributed by atoms with Crippen LogP contribution in [-0.2, 0) is 0 Å². The summed E-state index contributed by atoms with van der Waals surface area (Å²) < 4.78 is 0.606. The summed E-state index contributed by atoms with van der Waals surface area (Å²) in [5.41, 5.74) is 4.96. The maximum Gasteiger partial charge on any atom is 0.274 e. The van der Waals surface area contributed by atoms with E-state index in [4.69, 9.17) is 5.21 Å². The van der Waals surface area contributed by atoms with Gasteiger partial charge in [-0.15, -0.1) is 0 Å². The number of carbonyl (C=O) groups is 2. The first kappa shape index (κ1) is 15.8. The van der Waals surface area contributed by atoms with Crippen molar-refractivity contribution in [1.29, 1.82) is 0 Å². The van der Waals surface area contributed by atoms with Crippen LogP contribution in [-0.4, -0.2) is 28.2 Å². The summed E-state index contributed by atoms with van der Waals surface area (Å²) in [5.74, 6) is -1.18. The minimum absolute atomic E-state index is 0.161. The second-order valence-corrected chi connectivity index (χ2v) is 4.86. The number of amides is 2. The van der Waals surface area contributed by atoms with E-state index in [0.29, 0.717) is 10.2 Å². The van der Waals surface area contributed by atoms with E-state index in [1.807, 2.05) is 0 Å². The quantitative estimate of drug-likeness (QED) is 0.333. The molecule has 0 unspecified atom stereocenters. The normalized spacial score (nSPS) is 10.5. The average molecular weight is 363 g/mol. The average Bonchev–Trinajstić information content (AvgIpc) is 2.56. The van der Waals surface area contributed by atoms with E-state index in [9.17, 15) is 9.59 Å². The van der Waals surface area contributed by atoms with Crippen LogP contribution in [0.25, 0.3) is 0 Å². The van der Waals surface area contributed by atoms with Crippen molar-refractivity contribution in [2.24, 2.45) is 5.10 Å². The Kier molecular flexibility index (Phi) is 5.34. The summed E-state index contributed by atoms with van der Waals surface area (Å²) in [4.78, 5) is 27.2. The van der Waals surface area contributed by atoms with Crippen LogP contribution < -0.4 is 10.9 Å². The SMILES string of the molecule is O=C(NO)c1cccc(C(=O)N/N=C/c2cccnc2Br)c1. The molecule has 0 aliphatic carbocycles. The minimum Gasteiger partial charge on any atom is -0.288 e. The lowest BCUT2D eigenvalue weighted by Gasteiger charge is -2.03. The summed E-state index contributed by atoms with van der Waals surface area (Å²) >= 11 is 3.26. The minimum atomic E-state index is -0.697. The summed E-state index contributed by atoms with van der Waals surface area (Å²) in [7, 11) is 0. The Labute approximate surface area is 134 Å². The van der Waals surface area contributed by atoms with Gasteiger partial charge in [0.15, 0.2) is 0 Å². The molecule has 0 radical (unpaired) electrons. The standard InChI is InChI=1S/C14H11BrN4O3/c15-12-11(5-2-6-16-12)8-17-18-13(20)9-3-1-4-10(7-9)14(21)19-22/h1-8,22H,(H,18,20)(H,19,21)/b17-8+. The van der Waals surface area contributed by atoms with Crippen LogP contribution in [0, 0.1) is 0 Å². The zero-order valence-electron chi connectivity index (χ0n) is 11.2. The van der Waals surface area contributed by atoms with Crippen molar-refractivity contribution < 1.29 is 14.8 Å². The molecule has 3 N–H and O–H groups in total. The van der Waals surface area contributed by atoms with Crippen LogP contribution in [0.2, 0.25) is 0 Å². The van der Waals surface area contributed by atoms with Gasteiger partial charge in [-0.1, -0.05) is 6.07 Å². The summed E-state index contributed by atoms with van der Waals surface area (Å²) in [6.45, 7) is 0. The number of rotatable bonds is 4. The van der Waals surface area contributed by atoms with Crippen LogP contribution in [0.5, 0.6) is 0 Å². The molecule has 0 spiro atoms. The predicted molar refractivity (Wildman–Crippen MR) is 82.7 cm³/mol. The maximum atomic E-state index is 11.9. The van der Waals surface area contributed by atoms with E-state index >= 15 is 0 Å². The highest BCUT2D eigenvalue weighted by Crippen LogP contribution is 2.09. The van der Waals surface area contributed by atoms with Gasteiger partial charge in [-0.05, 0) is 46.3 Å². The van der Waals surface area contributed by atoms with Crippen molar-refractivity contribution >= 4 is 34.0 Å². The van der Waals surface area contributed by atoms with Crippen molar-refractivity contribution in [1.82, 2.24) is 15.9 Å². The van der Waals surface area contributed by atoms with Crippen LogP contribution in [0.1, 0.15) is 26.3 Å². The maximum absolute atomic E-state index is 11.9. The number of nitrogens with one attached hydrogen (secondary N) is 2. The van der Waals surface area contributed by atoms with Crippen molar-refractivity contribution in [3.05, 3.63) is 63.9 Å². The molecule has 0 aliphatic heterocycles. The molecule has 0 atom stereocenters. The largest absolute Gasteiger partial charge is 0.288 e. The van der Waals surface area contributed by atoms with Gasteiger partial charge < -0.3 is 0 Å². The van der Waals surface area contributed by atoms with Crippen LogP contribution in [0.3, 0.4) is 0 Å². The lowest BCUT2D eigenvalue weighted by atomic mass is 10.1. The van der Waals surface area contributed by atoms with E-state index in [0.717, 1.165) is 0 Å². The summed E-state index contributed by atoms with van der Waals surface area (Å²) in [5, 5.41) is 12.4. The fourth-order valence-electron chi connectivity index (χ4n) is 1.59. The van der Waals surface area contributed by atoms with Crippen molar-refractivity contribution in [3.63, 3.8) is 0 Å². The number of nitrogens with zero attached hydrogens (tertiary/aromatic N) is 2. The van der Waals surface area contributed by atoms with Gasteiger partial charge in [0.1, 0.15) is 4.60 Å². The van der Waals surface area contributed by atoms with Gasteiger partial charge in [-0.2, -0.15) is 5.10 Å². The van der Waals surface area contributed by atoms with Crippen molar-refractivity contribution in [3.8, 4) is 0 Å². The van der Waals surface area contributed by atoms with E-state index in [2.05, 4.69) is 31.4 Å². The first-order valence-corrected chi connectivity index (χ1v) is 6.89. The Morgan fingerprint density at radius 2 is 1.91 bits per heavy atom. The molecule has 7 nitrogen and oxygen atoms in total. The Morgan fingerprint density at radius 1 is 1.18 bits per heavy atom. The van der Waals surface area contributed by atoms with E-state index in [1.165, 1.54) is 36.0 Å². The van der Waals surface area contributed by atoms with E-state index < -0.39 is 11.8 Å². The molecule has 22 heavy (non-hydrogen) atoms. The van der Waals surface area contributed by atoms with Gasteiger partial charge in [0, 0.05) is 22.9 Å². The number of halogens is 1. The smallest absolute Gasteiger partial charge is 0.274 e. The Morgan fingerprint density at radius 3 is 2.59 bits per heavy atom. The van der Waals surface area contributed by atoms with Crippen LogP contribution in [0.15, 0.2) is 52.3 Å². The van der Waals surface area contributed by atoms with Gasteiger partial charge in [-0.3, -0.25) is 14.8 Å². The summed E-state index contributed by atoms with van der Waals surface area (Å²) in [6.07, 6.45) is 3.07. The number of hydroxylamine groups is 1. The Bertz CT molecular complexity index is 734. The number of hydrogen-bond donors (Lipinski definition) is 3. The molecule has 2 aromatic rings. The molecule has 0 bridgehead atoms. The molecule has 1 aromatic carbocycles. The molecule has 2 amide bonds. The highest BCUT2D eigenvalue weighted by Gasteiger charge is 2.09. The Hall–Kier alpha value is -2.58. The van der Waals surface area contributed by atoms with Crippen LogP contribution >= 0.6 is 15.9 Å².